The molecule has 8 nitrogen and oxygen atoms in total. The molecule has 35 heavy (non-hydrogen) atoms. The predicted molar refractivity (Wildman–Crippen MR) is 139 cm³/mol. The van der Waals surface area contributed by atoms with E-state index < -0.39 is 5.60 Å². The van der Waals surface area contributed by atoms with Crippen molar-refractivity contribution in [3.63, 3.8) is 0 Å². The highest BCUT2D eigenvalue weighted by atomic mass is 16.6. The summed E-state index contributed by atoms with van der Waals surface area (Å²) in [4.78, 5) is 32.2. The summed E-state index contributed by atoms with van der Waals surface area (Å²) in [6, 6.07) is 9.82. The minimum absolute atomic E-state index is 0.0336. The average molecular weight is 482 g/mol. The van der Waals surface area contributed by atoms with Gasteiger partial charge in [-0.25, -0.2) is 9.78 Å². The van der Waals surface area contributed by atoms with Crippen LogP contribution in [0, 0.1) is 11.8 Å². The van der Waals surface area contributed by atoms with E-state index in [1.54, 1.807) is 0 Å². The van der Waals surface area contributed by atoms with Crippen molar-refractivity contribution in [2.75, 3.05) is 44.2 Å². The van der Waals surface area contributed by atoms with Crippen LogP contribution in [0.2, 0.25) is 0 Å². The number of amides is 2. The number of ether oxygens (including phenoxy) is 1. The molecule has 2 amide bonds. The van der Waals surface area contributed by atoms with Crippen molar-refractivity contribution in [1.82, 2.24) is 20.9 Å². The zero-order chi connectivity index (χ0) is 24.8. The number of nitrogens with one attached hydrogen (secondary N) is 3. The van der Waals surface area contributed by atoms with Crippen LogP contribution >= 0.6 is 0 Å². The molecule has 1 aromatic carbocycles. The van der Waals surface area contributed by atoms with E-state index in [9.17, 15) is 9.59 Å². The number of carbonyl (C=O) groups excluding carboxylic acids is 2. The van der Waals surface area contributed by atoms with Crippen LogP contribution in [0.1, 0.15) is 56.8 Å². The van der Waals surface area contributed by atoms with Crippen molar-refractivity contribution >= 4 is 28.7 Å². The highest BCUT2D eigenvalue weighted by molar-refractivity contribution is 6.07. The standard InChI is InChI=1S/C27H39N5O3/c1-27(2,3)35-26(34)30-18-20-10-8-19(9-11-20)17-29-25(33)22-16-24(32-14-12-28-13-15-32)31-23-7-5-4-6-21(22)23/h4-7,16,19-20,28H,8-15,17-18H2,1-3H3,(H,29,33)(H,30,34). The quantitative estimate of drug-likeness (QED) is 0.582. The second kappa shape index (κ2) is 11.2. The van der Waals surface area contributed by atoms with Gasteiger partial charge in [0, 0.05) is 44.7 Å². The van der Waals surface area contributed by atoms with Crippen molar-refractivity contribution in [1.29, 1.82) is 0 Å². The Kier molecular flexibility index (Phi) is 8.11. The van der Waals surface area contributed by atoms with E-state index in [0.29, 0.717) is 30.5 Å². The van der Waals surface area contributed by atoms with Gasteiger partial charge in [-0.2, -0.15) is 0 Å². The first-order chi connectivity index (χ1) is 16.8. The molecule has 3 N–H and O–H groups in total. The second-order valence-corrected chi connectivity index (χ2v) is 10.8. The number of hydrogen-bond donors (Lipinski definition) is 3. The molecule has 0 radical (unpaired) electrons. The fourth-order valence-electron chi connectivity index (χ4n) is 4.92. The zero-order valence-electron chi connectivity index (χ0n) is 21.2. The van der Waals surface area contributed by atoms with Crippen molar-refractivity contribution in [3.05, 3.63) is 35.9 Å². The van der Waals surface area contributed by atoms with E-state index in [1.807, 2.05) is 51.1 Å². The maximum Gasteiger partial charge on any atom is 0.407 e. The van der Waals surface area contributed by atoms with E-state index in [4.69, 9.17) is 9.72 Å². The molecule has 2 aromatic rings. The van der Waals surface area contributed by atoms with Crippen molar-refractivity contribution in [2.45, 2.75) is 52.1 Å². The largest absolute Gasteiger partial charge is 0.444 e. The molecule has 8 heteroatoms. The van der Waals surface area contributed by atoms with E-state index in [2.05, 4.69) is 20.9 Å². The van der Waals surface area contributed by atoms with Gasteiger partial charge in [0.05, 0.1) is 11.1 Å². The van der Waals surface area contributed by atoms with E-state index >= 15 is 0 Å². The molecule has 1 aliphatic heterocycles. The van der Waals surface area contributed by atoms with Gasteiger partial charge in [0.25, 0.3) is 5.91 Å². The summed E-state index contributed by atoms with van der Waals surface area (Å²) in [6.07, 6.45) is 3.83. The number of hydrogen-bond acceptors (Lipinski definition) is 6. The number of benzene rings is 1. The van der Waals surface area contributed by atoms with Crippen LogP contribution in [0.5, 0.6) is 0 Å². The minimum Gasteiger partial charge on any atom is -0.444 e. The third-order valence-electron chi connectivity index (χ3n) is 6.84. The van der Waals surface area contributed by atoms with Crippen LogP contribution in [0.25, 0.3) is 10.9 Å². The maximum absolute atomic E-state index is 13.3. The Bertz CT molecular complexity index is 1020. The number of para-hydroxylation sites is 1. The number of fused-ring (bicyclic) bond motifs is 1. The summed E-state index contributed by atoms with van der Waals surface area (Å²) in [7, 11) is 0. The lowest BCUT2D eigenvalue weighted by atomic mass is 9.82. The molecule has 2 heterocycles. The van der Waals surface area contributed by atoms with Gasteiger partial charge in [-0.05, 0) is 70.4 Å². The molecule has 1 saturated heterocycles. The van der Waals surface area contributed by atoms with Crippen molar-refractivity contribution in [2.24, 2.45) is 11.8 Å². The zero-order valence-corrected chi connectivity index (χ0v) is 21.2. The molecule has 0 spiro atoms. The fraction of sp³-hybridized carbons (Fsp3) is 0.593. The van der Waals surface area contributed by atoms with Gasteiger partial charge in [-0.15, -0.1) is 0 Å². The summed E-state index contributed by atoms with van der Waals surface area (Å²) >= 11 is 0. The number of alkyl carbamates (subject to hydrolysis) is 1. The maximum atomic E-state index is 13.3. The first-order valence-corrected chi connectivity index (χ1v) is 12.9. The molecule has 190 valence electrons. The Balaban J connectivity index is 1.30. The van der Waals surface area contributed by atoms with Gasteiger partial charge in [-0.3, -0.25) is 4.79 Å². The first-order valence-electron chi connectivity index (χ1n) is 12.9. The average Bonchev–Trinajstić information content (AvgIpc) is 2.85. The van der Waals surface area contributed by atoms with Gasteiger partial charge < -0.3 is 25.6 Å². The number of anilines is 1. The van der Waals surface area contributed by atoms with Crippen LogP contribution in [0.15, 0.2) is 30.3 Å². The van der Waals surface area contributed by atoms with Crippen LogP contribution in [-0.2, 0) is 4.74 Å². The molecule has 0 unspecified atom stereocenters. The third-order valence-corrected chi connectivity index (χ3v) is 6.84. The number of carbonyl (C=O) groups is 2. The van der Waals surface area contributed by atoms with Gasteiger partial charge in [-0.1, -0.05) is 18.2 Å². The molecule has 2 fully saturated rings. The Labute approximate surface area is 208 Å². The van der Waals surface area contributed by atoms with E-state index in [0.717, 1.165) is 68.6 Å². The molecule has 1 aromatic heterocycles. The van der Waals surface area contributed by atoms with Crippen LogP contribution in [-0.4, -0.2) is 61.9 Å². The Morgan fingerprint density at radius 2 is 1.66 bits per heavy atom. The van der Waals surface area contributed by atoms with Crippen LogP contribution in [0.3, 0.4) is 0 Å². The van der Waals surface area contributed by atoms with Crippen molar-refractivity contribution in [3.8, 4) is 0 Å². The summed E-state index contributed by atoms with van der Waals surface area (Å²) in [5, 5.41) is 10.3. The van der Waals surface area contributed by atoms with Gasteiger partial charge in [0.15, 0.2) is 0 Å². The van der Waals surface area contributed by atoms with Crippen LogP contribution in [0.4, 0.5) is 10.6 Å². The molecule has 4 rings (SSSR count). The number of nitrogens with zero attached hydrogens (tertiary/aromatic N) is 2. The van der Waals surface area contributed by atoms with E-state index in [1.165, 1.54) is 0 Å². The Hall–Kier alpha value is -2.87. The number of pyridine rings is 1. The lowest BCUT2D eigenvalue weighted by Gasteiger charge is -2.30. The Morgan fingerprint density at radius 3 is 2.31 bits per heavy atom. The molecule has 1 saturated carbocycles. The van der Waals surface area contributed by atoms with Gasteiger partial charge in [0.1, 0.15) is 11.4 Å². The number of aromatic nitrogens is 1. The normalized spacial score (nSPS) is 20.9. The number of piperazine rings is 1. The van der Waals surface area contributed by atoms with E-state index in [-0.39, 0.29) is 12.0 Å². The SMILES string of the molecule is CC(C)(C)OC(=O)NCC1CCC(CNC(=O)c2cc(N3CCNCC3)nc3ccccc23)CC1. The summed E-state index contributed by atoms with van der Waals surface area (Å²) in [5.41, 5.74) is 1.07. The lowest BCUT2D eigenvalue weighted by molar-refractivity contribution is 0.0512. The summed E-state index contributed by atoms with van der Waals surface area (Å²) in [5.74, 6) is 1.75. The van der Waals surface area contributed by atoms with Crippen LogP contribution < -0.4 is 20.9 Å². The van der Waals surface area contributed by atoms with Gasteiger partial charge >= 0.3 is 6.09 Å². The monoisotopic (exact) mass is 481 g/mol. The van der Waals surface area contributed by atoms with Crippen molar-refractivity contribution < 1.29 is 14.3 Å². The van der Waals surface area contributed by atoms with Gasteiger partial charge in [0.2, 0.25) is 0 Å². The second-order valence-electron chi connectivity index (χ2n) is 10.8. The molecular formula is C27H39N5O3. The highest BCUT2D eigenvalue weighted by Gasteiger charge is 2.24. The minimum atomic E-state index is -0.480. The molecule has 0 bridgehead atoms. The fourth-order valence-corrected chi connectivity index (χ4v) is 4.92. The molecule has 2 aliphatic rings. The topological polar surface area (TPSA) is 95.6 Å². The first kappa shape index (κ1) is 25.2. The highest BCUT2D eigenvalue weighted by Crippen LogP contribution is 2.28. The molecular weight excluding hydrogens is 442 g/mol. The Morgan fingerprint density at radius 1 is 1.03 bits per heavy atom. The smallest absolute Gasteiger partial charge is 0.407 e. The molecule has 1 aliphatic carbocycles. The summed E-state index contributed by atoms with van der Waals surface area (Å²) < 4.78 is 5.33. The number of rotatable bonds is 6. The third kappa shape index (κ3) is 7.07. The molecule has 0 atom stereocenters. The lowest BCUT2D eigenvalue weighted by Crippen LogP contribution is -2.44. The summed E-state index contributed by atoms with van der Waals surface area (Å²) in [6.45, 7) is 10.5. The predicted octanol–water partition coefficient (Wildman–Crippen LogP) is 3.71.